The minimum Gasteiger partial charge on any atom is -0.478 e. The highest BCUT2D eigenvalue weighted by atomic mass is 16.5. The number of hydrogen-bond acceptors (Lipinski definition) is 5. The number of hydrogen-bond donors (Lipinski definition) is 3. The summed E-state index contributed by atoms with van der Waals surface area (Å²) in [5, 5.41) is 17.5. The lowest BCUT2D eigenvalue weighted by Crippen LogP contribution is -2.38. The maximum absolute atomic E-state index is 13.6. The van der Waals surface area contributed by atoms with Gasteiger partial charge < -0.3 is 20.5 Å². The smallest absolute Gasteiger partial charge is 0.407 e. The molecule has 1 atom stereocenters. The van der Waals surface area contributed by atoms with Gasteiger partial charge in [-0.25, -0.2) is 9.59 Å². The number of nitrogens with one attached hydrogen (secondary N) is 2. The van der Waals surface area contributed by atoms with Gasteiger partial charge in [0.15, 0.2) is 0 Å². The molecule has 3 N–H and O–H groups in total. The highest BCUT2D eigenvalue weighted by Gasteiger charge is 2.29. The molecule has 0 radical (unpaired) electrons. The van der Waals surface area contributed by atoms with Crippen LogP contribution >= 0.6 is 0 Å². The van der Waals surface area contributed by atoms with Gasteiger partial charge in [-0.1, -0.05) is 84.9 Å². The van der Waals surface area contributed by atoms with Crippen molar-refractivity contribution < 1.29 is 24.2 Å². The molecule has 1 unspecified atom stereocenters. The number of nitrogens with zero attached hydrogens (tertiary/aromatic N) is 1. The molecule has 0 fully saturated rings. The summed E-state index contributed by atoms with van der Waals surface area (Å²) in [6.07, 6.45) is 2.84. The molecule has 0 bridgehead atoms. The first-order chi connectivity index (χ1) is 24.3. The molecule has 8 heteroatoms. The predicted molar refractivity (Wildman–Crippen MR) is 193 cm³/mol. The number of carbonyl (C=O) groups is 3. The molecule has 1 aliphatic rings. The Kier molecular flexibility index (Phi) is 8.83. The predicted octanol–water partition coefficient (Wildman–Crippen LogP) is 8.23. The third-order valence-corrected chi connectivity index (χ3v) is 9.51. The SMILES string of the molecule is Cc1ccc(C(=O)O)c(C)c1-c1ccc(C(CNC(=O)OCC2c3ccccc3-c3ccccc32)NC(=O)c2ccc3cnccc3c2)cc1. The van der Waals surface area contributed by atoms with E-state index in [1.165, 1.54) is 0 Å². The van der Waals surface area contributed by atoms with Crippen LogP contribution < -0.4 is 10.6 Å². The Morgan fingerprint density at radius 3 is 2.22 bits per heavy atom. The van der Waals surface area contributed by atoms with E-state index in [1.807, 2.05) is 73.7 Å². The zero-order chi connectivity index (χ0) is 34.8. The second kappa shape index (κ2) is 13.7. The van der Waals surface area contributed by atoms with Crippen LogP contribution in [0.1, 0.15) is 60.5 Å². The Balaban J connectivity index is 1.11. The third kappa shape index (κ3) is 6.31. The Bertz CT molecular complexity index is 2220. The van der Waals surface area contributed by atoms with Crippen LogP contribution in [0.5, 0.6) is 0 Å². The van der Waals surface area contributed by atoms with Crippen molar-refractivity contribution in [3.63, 3.8) is 0 Å². The van der Waals surface area contributed by atoms with E-state index in [9.17, 15) is 19.5 Å². The van der Waals surface area contributed by atoms with Crippen molar-refractivity contribution in [1.82, 2.24) is 15.6 Å². The van der Waals surface area contributed by atoms with E-state index >= 15 is 0 Å². The maximum Gasteiger partial charge on any atom is 0.407 e. The molecule has 1 aliphatic carbocycles. The van der Waals surface area contributed by atoms with Crippen LogP contribution in [0, 0.1) is 13.8 Å². The van der Waals surface area contributed by atoms with Gasteiger partial charge in [-0.15, -0.1) is 0 Å². The average molecular weight is 662 g/mol. The molecule has 0 spiro atoms. The lowest BCUT2D eigenvalue weighted by atomic mass is 9.91. The molecule has 248 valence electrons. The number of carboxylic acids is 1. The molecule has 6 aromatic rings. The molecule has 0 aliphatic heterocycles. The van der Waals surface area contributed by atoms with Crippen molar-refractivity contribution in [3.05, 3.63) is 161 Å². The number of amides is 2. The van der Waals surface area contributed by atoms with E-state index in [0.717, 1.165) is 55.3 Å². The number of benzene rings is 5. The third-order valence-electron chi connectivity index (χ3n) is 9.51. The lowest BCUT2D eigenvalue weighted by molar-refractivity contribution is 0.0695. The molecular formula is C42H35N3O5. The second-order valence-corrected chi connectivity index (χ2v) is 12.5. The van der Waals surface area contributed by atoms with Crippen LogP contribution in [0.15, 0.2) is 122 Å². The summed E-state index contributed by atoms with van der Waals surface area (Å²) in [5.74, 6) is -1.36. The minimum atomic E-state index is -0.979. The topological polar surface area (TPSA) is 118 Å². The van der Waals surface area contributed by atoms with Crippen LogP contribution in [-0.2, 0) is 4.74 Å². The first-order valence-corrected chi connectivity index (χ1v) is 16.5. The highest BCUT2D eigenvalue weighted by Crippen LogP contribution is 2.44. The first kappa shape index (κ1) is 32.3. The number of alkyl carbamates (subject to hydrolysis) is 1. The summed E-state index contributed by atoms with van der Waals surface area (Å²) in [6, 6.07) is 34.0. The largest absolute Gasteiger partial charge is 0.478 e. The van der Waals surface area contributed by atoms with Crippen LogP contribution in [-0.4, -0.2) is 41.2 Å². The van der Waals surface area contributed by atoms with Crippen LogP contribution in [0.3, 0.4) is 0 Å². The lowest BCUT2D eigenvalue weighted by Gasteiger charge is -2.21. The maximum atomic E-state index is 13.6. The molecule has 50 heavy (non-hydrogen) atoms. The van der Waals surface area contributed by atoms with Crippen LogP contribution in [0.2, 0.25) is 0 Å². The van der Waals surface area contributed by atoms with E-state index in [2.05, 4.69) is 39.9 Å². The van der Waals surface area contributed by atoms with E-state index < -0.39 is 18.1 Å². The van der Waals surface area contributed by atoms with Gasteiger partial charge in [0.1, 0.15) is 6.61 Å². The molecule has 5 aromatic carbocycles. The van der Waals surface area contributed by atoms with Crippen molar-refractivity contribution in [3.8, 4) is 22.3 Å². The number of pyridine rings is 1. The summed E-state index contributed by atoms with van der Waals surface area (Å²) >= 11 is 0. The molecule has 0 saturated carbocycles. The van der Waals surface area contributed by atoms with Crippen molar-refractivity contribution >= 4 is 28.7 Å². The fraction of sp³-hybridized carbons (Fsp3) is 0.143. The van der Waals surface area contributed by atoms with Crippen molar-refractivity contribution in [2.24, 2.45) is 0 Å². The standard InChI is InChI=1S/C42H35N3O5/c1-25-11-18-32(41(47)48)26(2)39(25)28-14-12-27(13-15-28)38(45-40(46)30-16-17-31-22-43-20-19-29(31)21-30)23-44-42(49)50-24-37-35-9-5-3-7-33(35)34-8-4-6-10-36(34)37/h3-22,37-38H,23-24H2,1-2H3,(H,44,49)(H,45,46)(H,47,48). The molecule has 2 amide bonds. The summed E-state index contributed by atoms with van der Waals surface area (Å²) < 4.78 is 5.78. The van der Waals surface area contributed by atoms with Gasteiger partial charge in [-0.3, -0.25) is 9.78 Å². The zero-order valence-electron chi connectivity index (χ0n) is 27.6. The van der Waals surface area contributed by atoms with Crippen LogP contribution in [0.4, 0.5) is 4.79 Å². The molecule has 8 nitrogen and oxygen atoms in total. The molecule has 7 rings (SSSR count). The monoisotopic (exact) mass is 661 g/mol. The zero-order valence-corrected chi connectivity index (χ0v) is 27.6. The normalized spacial score (nSPS) is 12.5. The van der Waals surface area contributed by atoms with Crippen molar-refractivity contribution in [1.29, 1.82) is 0 Å². The van der Waals surface area contributed by atoms with E-state index in [0.29, 0.717) is 11.1 Å². The fourth-order valence-corrected chi connectivity index (χ4v) is 6.96. The number of rotatable bonds is 9. The van der Waals surface area contributed by atoms with Crippen LogP contribution in [0.25, 0.3) is 33.0 Å². The highest BCUT2D eigenvalue weighted by molar-refractivity contribution is 5.98. The number of aromatic carboxylic acids is 1. The number of aromatic nitrogens is 1. The summed E-state index contributed by atoms with van der Waals surface area (Å²) in [6.45, 7) is 4.00. The second-order valence-electron chi connectivity index (χ2n) is 12.5. The first-order valence-electron chi connectivity index (χ1n) is 16.5. The van der Waals surface area contributed by atoms with Gasteiger partial charge in [-0.2, -0.15) is 0 Å². The van der Waals surface area contributed by atoms with Gasteiger partial charge in [0, 0.05) is 35.8 Å². The number of carboxylic acid groups (broad SMARTS) is 1. The molecular weight excluding hydrogens is 626 g/mol. The molecule has 1 aromatic heterocycles. The van der Waals surface area contributed by atoms with E-state index in [-0.39, 0.29) is 30.5 Å². The summed E-state index contributed by atoms with van der Waals surface area (Å²) in [4.78, 5) is 42.7. The Hall–Kier alpha value is -6.28. The Labute approximate surface area is 289 Å². The van der Waals surface area contributed by atoms with Gasteiger partial charge in [-0.05, 0) is 93.6 Å². The van der Waals surface area contributed by atoms with E-state index in [4.69, 9.17) is 4.74 Å². The van der Waals surface area contributed by atoms with E-state index in [1.54, 1.807) is 37.5 Å². The van der Waals surface area contributed by atoms with Gasteiger partial charge in [0.05, 0.1) is 11.6 Å². The number of carbonyl (C=O) groups excluding carboxylic acids is 2. The summed E-state index contributed by atoms with van der Waals surface area (Å²) in [7, 11) is 0. The number of aryl methyl sites for hydroxylation is 1. The minimum absolute atomic E-state index is 0.0752. The average Bonchev–Trinajstić information content (AvgIpc) is 3.45. The molecule has 0 saturated heterocycles. The Morgan fingerprint density at radius 1 is 0.820 bits per heavy atom. The Morgan fingerprint density at radius 2 is 1.52 bits per heavy atom. The number of fused-ring (bicyclic) bond motifs is 4. The van der Waals surface area contributed by atoms with Gasteiger partial charge >= 0.3 is 12.1 Å². The summed E-state index contributed by atoms with van der Waals surface area (Å²) in [5.41, 5.74) is 9.35. The van der Waals surface area contributed by atoms with Gasteiger partial charge in [0.25, 0.3) is 5.91 Å². The van der Waals surface area contributed by atoms with Crippen molar-refractivity contribution in [2.75, 3.05) is 13.2 Å². The molecule has 1 heterocycles. The van der Waals surface area contributed by atoms with Crippen molar-refractivity contribution in [2.45, 2.75) is 25.8 Å². The number of ether oxygens (including phenoxy) is 1. The quantitative estimate of drug-likeness (QED) is 0.144. The fourth-order valence-electron chi connectivity index (χ4n) is 6.96. The van der Waals surface area contributed by atoms with Gasteiger partial charge in [0.2, 0.25) is 0 Å².